The first-order chi connectivity index (χ1) is 10.5. The maximum absolute atomic E-state index is 11.3. The van der Waals surface area contributed by atoms with Crippen molar-refractivity contribution < 1.29 is 19.2 Å². The van der Waals surface area contributed by atoms with Crippen molar-refractivity contribution in [1.82, 2.24) is 0 Å². The fraction of sp³-hybridized carbons (Fsp3) is 0.286. The number of carbonyl (C=O) groups is 2. The summed E-state index contributed by atoms with van der Waals surface area (Å²) in [6.45, 7) is 3.78. The van der Waals surface area contributed by atoms with Crippen molar-refractivity contribution in [1.29, 1.82) is 0 Å². The topological polar surface area (TPSA) is 125 Å². The second-order valence-electron chi connectivity index (χ2n) is 4.33. The van der Waals surface area contributed by atoms with Gasteiger partial charge in [-0.15, -0.1) is 6.58 Å². The zero-order valence-electron chi connectivity index (χ0n) is 11.9. The lowest BCUT2D eigenvalue weighted by Gasteiger charge is -2.08. The highest BCUT2D eigenvalue weighted by molar-refractivity contribution is 5.94. The Balaban J connectivity index is 2.58. The highest BCUT2D eigenvalue weighted by Crippen LogP contribution is 2.25. The summed E-state index contributed by atoms with van der Waals surface area (Å²) in [7, 11) is 0. The third-order valence-electron chi connectivity index (χ3n) is 2.71. The Hall–Kier alpha value is -2.90. The van der Waals surface area contributed by atoms with Gasteiger partial charge in [-0.2, -0.15) is 0 Å². The minimum atomic E-state index is -0.745. The van der Waals surface area contributed by atoms with Crippen LogP contribution in [0.3, 0.4) is 0 Å². The average Bonchev–Trinajstić information content (AvgIpc) is 2.49. The number of hydrogen-bond acceptors (Lipinski definition) is 6. The van der Waals surface area contributed by atoms with E-state index in [9.17, 15) is 19.7 Å². The molecule has 0 radical (unpaired) electrons. The van der Waals surface area contributed by atoms with Crippen molar-refractivity contribution in [2.24, 2.45) is 5.73 Å². The number of allylic oxidation sites excluding steroid dienone is 1. The summed E-state index contributed by atoms with van der Waals surface area (Å²) in [4.78, 5) is 32.6. The van der Waals surface area contributed by atoms with E-state index in [1.54, 1.807) is 6.08 Å². The number of nitro groups is 1. The van der Waals surface area contributed by atoms with Gasteiger partial charge in [0.05, 0.1) is 4.92 Å². The molecule has 3 N–H and O–H groups in total. The number of carbonyl (C=O) groups excluding carboxylic acids is 2. The molecule has 0 spiro atoms. The van der Waals surface area contributed by atoms with Gasteiger partial charge in [0.15, 0.2) is 0 Å². The monoisotopic (exact) mass is 307 g/mol. The molecule has 0 atom stereocenters. The number of rotatable bonds is 9. The minimum Gasteiger partial charge on any atom is -0.464 e. The molecule has 0 unspecified atom stereocenters. The van der Waals surface area contributed by atoms with Gasteiger partial charge in [-0.3, -0.25) is 19.7 Å². The predicted octanol–water partition coefficient (Wildman–Crippen LogP) is 1.61. The summed E-state index contributed by atoms with van der Waals surface area (Å²) in [6, 6.07) is 3.87. The molecule has 1 aromatic carbocycles. The molecule has 1 amide bonds. The van der Waals surface area contributed by atoms with Gasteiger partial charge in [0.25, 0.3) is 5.69 Å². The molecule has 0 aliphatic carbocycles. The zero-order chi connectivity index (χ0) is 16.5. The SMILES string of the molecule is C=CCCC(=O)OCCNc1ccc(C(N)=O)cc1[N+](=O)[O-]. The van der Waals surface area contributed by atoms with Crippen LogP contribution in [0.1, 0.15) is 23.2 Å². The Morgan fingerprint density at radius 1 is 1.45 bits per heavy atom. The summed E-state index contributed by atoms with van der Waals surface area (Å²) < 4.78 is 4.93. The maximum Gasteiger partial charge on any atom is 0.306 e. The number of benzene rings is 1. The summed E-state index contributed by atoms with van der Waals surface area (Å²) in [6.07, 6.45) is 2.40. The first-order valence-corrected chi connectivity index (χ1v) is 6.54. The number of anilines is 1. The molecule has 22 heavy (non-hydrogen) atoms. The molecule has 0 aliphatic heterocycles. The lowest BCUT2D eigenvalue weighted by molar-refractivity contribution is -0.384. The zero-order valence-corrected chi connectivity index (χ0v) is 11.9. The summed E-state index contributed by atoms with van der Waals surface area (Å²) in [5.41, 5.74) is 5.08. The standard InChI is InChI=1S/C14H17N3O5/c1-2-3-4-13(18)22-8-7-16-11-6-5-10(14(15)19)9-12(11)17(20)21/h2,5-6,9,16H,1,3-4,7-8H2,(H2,15,19). The fourth-order valence-corrected chi connectivity index (χ4v) is 1.63. The first-order valence-electron chi connectivity index (χ1n) is 6.54. The van der Waals surface area contributed by atoms with Crippen molar-refractivity contribution in [3.63, 3.8) is 0 Å². The number of nitrogens with two attached hydrogens (primary N) is 1. The van der Waals surface area contributed by atoms with Crippen LogP contribution in [0.5, 0.6) is 0 Å². The molecular formula is C14H17N3O5. The van der Waals surface area contributed by atoms with Crippen molar-refractivity contribution >= 4 is 23.3 Å². The third kappa shape index (κ3) is 5.23. The van der Waals surface area contributed by atoms with Crippen LogP contribution in [-0.2, 0) is 9.53 Å². The van der Waals surface area contributed by atoms with Gasteiger partial charge in [0.2, 0.25) is 5.91 Å². The molecule has 0 fully saturated rings. The second-order valence-corrected chi connectivity index (χ2v) is 4.33. The molecule has 0 heterocycles. The van der Waals surface area contributed by atoms with E-state index in [-0.39, 0.29) is 42.5 Å². The molecule has 118 valence electrons. The van der Waals surface area contributed by atoms with Crippen LogP contribution < -0.4 is 11.1 Å². The summed E-state index contributed by atoms with van der Waals surface area (Å²) in [5.74, 6) is -1.11. The lowest BCUT2D eigenvalue weighted by atomic mass is 10.1. The number of nitro benzene ring substituents is 1. The van der Waals surface area contributed by atoms with Gasteiger partial charge in [0, 0.05) is 24.6 Å². The Bertz CT molecular complexity index is 586. The molecule has 8 nitrogen and oxygen atoms in total. The van der Waals surface area contributed by atoms with E-state index in [1.807, 2.05) is 0 Å². The number of esters is 1. The van der Waals surface area contributed by atoms with E-state index < -0.39 is 10.8 Å². The maximum atomic E-state index is 11.3. The van der Waals surface area contributed by atoms with Gasteiger partial charge in [-0.1, -0.05) is 6.08 Å². The minimum absolute atomic E-state index is 0.0492. The number of nitrogens with zero attached hydrogens (tertiary/aromatic N) is 1. The van der Waals surface area contributed by atoms with E-state index in [1.165, 1.54) is 12.1 Å². The quantitative estimate of drug-likeness (QED) is 0.235. The van der Waals surface area contributed by atoms with Crippen molar-refractivity contribution in [2.75, 3.05) is 18.5 Å². The van der Waals surface area contributed by atoms with Crippen molar-refractivity contribution in [3.05, 3.63) is 46.5 Å². The largest absolute Gasteiger partial charge is 0.464 e. The Morgan fingerprint density at radius 2 is 2.18 bits per heavy atom. The van der Waals surface area contributed by atoms with E-state index in [0.717, 1.165) is 6.07 Å². The molecule has 0 aliphatic rings. The Morgan fingerprint density at radius 3 is 2.77 bits per heavy atom. The molecular weight excluding hydrogens is 290 g/mol. The van der Waals surface area contributed by atoms with Crippen LogP contribution in [0.2, 0.25) is 0 Å². The summed E-state index contributed by atoms with van der Waals surface area (Å²) in [5, 5.41) is 13.8. The van der Waals surface area contributed by atoms with Crippen molar-refractivity contribution in [3.8, 4) is 0 Å². The van der Waals surface area contributed by atoms with E-state index in [2.05, 4.69) is 11.9 Å². The average molecular weight is 307 g/mol. The van der Waals surface area contributed by atoms with Gasteiger partial charge in [-0.25, -0.2) is 0 Å². The second kappa shape index (κ2) is 8.40. The van der Waals surface area contributed by atoms with Gasteiger partial charge in [-0.05, 0) is 18.6 Å². The van der Waals surface area contributed by atoms with Crippen LogP contribution in [-0.4, -0.2) is 30.0 Å². The van der Waals surface area contributed by atoms with Crippen LogP contribution in [0.4, 0.5) is 11.4 Å². The van der Waals surface area contributed by atoms with Crippen LogP contribution in [0.25, 0.3) is 0 Å². The molecule has 1 rings (SSSR count). The molecule has 0 aromatic heterocycles. The first kappa shape index (κ1) is 17.2. The highest BCUT2D eigenvalue weighted by atomic mass is 16.6. The van der Waals surface area contributed by atoms with Gasteiger partial charge >= 0.3 is 5.97 Å². The van der Waals surface area contributed by atoms with Crippen LogP contribution in [0, 0.1) is 10.1 Å². The van der Waals surface area contributed by atoms with E-state index in [0.29, 0.717) is 6.42 Å². The van der Waals surface area contributed by atoms with Crippen LogP contribution in [0.15, 0.2) is 30.9 Å². The number of nitrogens with one attached hydrogen (secondary N) is 1. The van der Waals surface area contributed by atoms with Crippen LogP contribution >= 0.6 is 0 Å². The summed E-state index contributed by atoms with van der Waals surface area (Å²) >= 11 is 0. The number of ether oxygens (including phenoxy) is 1. The van der Waals surface area contributed by atoms with E-state index in [4.69, 9.17) is 10.5 Å². The fourth-order valence-electron chi connectivity index (χ4n) is 1.63. The van der Waals surface area contributed by atoms with Gasteiger partial charge in [0.1, 0.15) is 12.3 Å². The normalized spacial score (nSPS) is 9.82. The Kier molecular flexibility index (Phi) is 6.55. The molecule has 1 aromatic rings. The molecule has 0 bridgehead atoms. The van der Waals surface area contributed by atoms with Crippen molar-refractivity contribution in [2.45, 2.75) is 12.8 Å². The molecule has 0 saturated carbocycles. The highest BCUT2D eigenvalue weighted by Gasteiger charge is 2.16. The molecule has 8 heteroatoms. The predicted molar refractivity (Wildman–Crippen MR) is 80.5 cm³/mol. The number of amides is 1. The third-order valence-corrected chi connectivity index (χ3v) is 2.71. The lowest BCUT2D eigenvalue weighted by Crippen LogP contribution is -2.15. The number of primary amides is 1. The number of hydrogen-bond donors (Lipinski definition) is 2. The molecule has 0 saturated heterocycles. The Labute approximate surface area is 127 Å². The van der Waals surface area contributed by atoms with Gasteiger partial charge < -0.3 is 15.8 Å². The smallest absolute Gasteiger partial charge is 0.306 e. The van der Waals surface area contributed by atoms with E-state index >= 15 is 0 Å².